The van der Waals surface area contributed by atoms with Crippen LogP contribution in [0.5, 0.6) is 0 Å². The lowest BCUT2D eigenvalue weighted by Crippen LogP contribution is -2.35. The summed E-state index contributed by atoms with van der Waals surface area (Å²) in [6.45, 7) is 0.686. The smallest absolute Gasteiger partial charge is 0.230 e. The van der Waals surface area contributed by atoms with Crippen molar-refractivity contribution in [2.24, 2.45) is 0 Å². The molecule has 1 saturated heterocycles. The van der Waals surface area contributed by atoms with Crippen LogP contribution >= 0.6 is 23.4 Å². The molecule has 0 atom stereocenters. The SMILES string of the molecule is O=C(CSCc1ccccc1Cl)NCCCC1NNNN1. The predicted molar refractivity (Wildman–Crippen MR) is 86.2 cm³/mol. The monoisotopic (exact) mass is 329 g/mol. The zero-order valence-electron chi connectivity index (χ0n) is 11.6. The van der Waals surface area contributed by atoms with Crippen LogP contribution in [0, 0.1) is 0 Å². The maximum atomic E-state index is 11.7. The summed E-state index contributed by atoms with van der Waals surface area (Å²) in [5, 5.41) is 3.67. The normalized spacial score (nSPS) is 15.3. The third-order valence-electron chi connectivity index (χ3n) is 3.00. The third-order valence-corrected chi connectivity index (χ3v) is 4.35. The Morgan fingerprint density at radius 3 is 2.81 bits per heavy atom. The van der Waals surface area contributed by atoms with Crippen molar-refractivity contribution in [1.82, 2.24) is 27.2 Å². The van der Waals surface area contributed by atoms with Crippen molar-refractivity contribution in [3.05, 3.63) is 34.9 Å². The summed E-state index contributed by atoms with van der Waals surface area (Å²) in [4.78, 5) is 11.7. The lowest BCUT2D eigenvalue weighted by molar-refractivity contribution is -0.118. The second-order valence-electron chi connectivity index (χ2n) is 4.67. The minimum absolute atomic E-state index is 0.0654. The van der Waals surface area contributed by atoms with Crippen LogP contribution in [0.4, 0.5) is 0 Å². The van der Waals surface area contributed by atoms with Crippen molar-refractivity contribution in [2.45, 2.75) is 24.8 Å². The molecule has 2 rings (SSSR count). The van der Waals surface area contributed by atoms with Gasteiger partial charge in [-0.1, -0.05) is 29.8 Å². The lowest BCUT2D eigenvalue weighted by Gasteiger charge is -2.09. The molecule has 0 radical (unpaired) electrons. The van der Waals surface area contributed by atoms with Crippen molar-refractivity contribution in [3.63, 3.8) is 0 Å². The molecule has 1 aliphatic heterocycles. The molecule has 0 aliphatic carbocycles. The number of thioether (sulfide) groups is 1. The largest absolute Gasteiger partial charge is 0.355 e. The average molecular weight is 330 g/mol. The van der Waals surface area contributed by atoms with Gasteiger partial charge in [-0.15, -0.1) is 11.8 Å². The van der Waals surface area contributed by atoms with E-state index in [0.717, 1.165) is 29.2 Å². The number of nitrogens with one attached hydrogen (secondary N) is 5. The molecule has 8 heteroatoms. The molecule has 1 amide bonds. The van der Waals surface area contributed by atoms with E-state index in [4.69, 9.17) is 11.6 Å². The van der Waals surface area contributed by atoms with E-state index < -0.39 is 0 Å². The first-order valence-corrected chi connectivity index (χ1v) is 8.38. The van der Waals surface area contributed by atoms with Gasteiger partial charge in [0.25, 0.3) is 0 Å². The van der Waals surface area contributed by atoms with Gasteiger partial charge in [-0.3, -0.25) is 4.79 Å². The van der Waals surface area contributed by atoms with Gasteiger partial charge in [0.05, 0.1) is 11.9 Å². The van der Waals surface area contributed by atoms with E-state index in [2.05, 4.69) is 27.2 Å². The summed E-state index contributed by atoms with van der Waals surface area (Å²) < 4.78 is 0. The average Bonchev–Trinajstić information content (AvgIpc) is 2.99. The fourth-order valence-corrected chi connectivity index (χ4v) is 3.02. The Bertz CT molecular complexity index is 456. The molecular formula is C13H20ClN5OS. The Morgan fingerprint density at radius 2 is 2.05 bits per heavy atom. The number of rotatable bonds is 8. The Morgan fingerprint density at radius 1 is 1.29 bits per heavy atom. The molecule has 116 valence electrons. The lowest BCUT2D eigenvalue weighted by atomic mass is 10.2. The molecule has 21 heavy (non-hydrogen) atoms. The molecule has 1 heterocycles. The molecule has 1 aromatic rings. The summed E-state index contributed by atoms with van der Waals surface area (Å²) in [6.07, 6.45) is 2.03. The quantitative estimate of drug-likeness (QED) is 0.456. The molecule has 0 aromatic heterocycles. The molecule has 0 spiro atoms. The van der Waals surface area contributed by atoms with E-state index in [1.165, 1.54) is 0 Å². The minimum Gasteiger partial charge on any atom is -0.355 e. The Hall–Kier alpha value is -0.830. The second kappa shape index (κ2) is 9.24. The van der Waals surface area contributed by atoms with E-state index in [-0.39, 0.29) is 12.1 Å². The first-order valence-electron chi connectivity index (χ1n) is 6.84. The van der Waals surface area contributed by atoms with Gasteiger partial charge in [0, 0.05) is 17.3 Å². The molecule has 1 fully saturated rings. The summed E-state index contributed by atoms with van der Waals surface area (Å²) in [6, 6.07) is 7.71. The Balaban J connectivity index is 1.52. The first kappa shape index (κ1) is 16.5. The summed E-state index contributed by atoms with van der Waals surface area (Å²) >= 11 is 7.64. The van der Waals surface area contributed by atoms with Gasteiger partial charge in [0.15, 0.2) is 0 Å². The predicted octanol–water partition coefficient (Wildman–Crippen LogP) is 0.913. The van der Waals surface area contributed by atoms with Crippen molar-refractivity contribution in [2.75, 3.05) is 12.3 Å². The number of amides is 1. The van der Waals surface area contributed by atoms with Crippen LogP contribution in [-0.4, -0.2) is 24.4 Å². The van der Waals surface area contributed by atoms with Gasteiger partial charge in [0.2, 0.25) is 5.91 Å². The molecular weight excluding hydrogens is 310 g/mol. The zero-order valence-corrected chi connectivity index (χ0v) is 13.2. The highest BCUT2D eigenvalue weighted by atomic mass is 35.5. The second-order valence-corrected chi connectivity index (χ2v) is 6.06. The summed E-state index contributed by atoms with van der Waals surface area (Å²) in [5.74, 6) is 1.27. The van der Waals surface area contributed by atoms with Gasteiger partial charge < -0.3 is 5.32 Å². The van der Waals surface area contributed by atoms with Crippen molar-refractivity contribution >= 4 is 29.3 Å². The minimum atomic E-state index is 0.0654. The van der Waals surface area contributed by atoms with Gasteiger partial charge >= 0.3 is 0 Å². The van der Waals surface area contributed by atoms with E-state index in [0.29, 0.717) is 12.3 Å². The van der Waals surface area contributed by atoms with E-state index in [9.17, 15) is 4.79 Å². The van der Waals surface area contributed by atoms with E-state index in [1.807, 2.05) is 24.3 Å². The fraction of sp³-hybridized carbons (Fsp3) is 0.462. The Kier molecular flexibility index (Phi) is 7.28. The molecule has 0 saturated carbocycles. The van der Waals surface area contributed by atoms with Crippen LogP contribution in [0.25, 0.3) is 0 Å². The molecule has 1 aromatic carbocycles. The van der Waals surface area contributed by atoms with Crippen LogP contribution in [0.1, 0.15) is 18.4 Å². The first-order chi connectivity index (χ1) is 10.3. The number of carbonyl (C=O) groups excluding carboxylic acids is 1. The van der Waals surface area contributed by atoms with E-state index in [1.54, 1.807) is 11.8 Å². The Labute approximate surface area is 133 Å². The number of halogens is 1. The summed E-state index contributed by atoms with van der Waals surface area (Å²) in [5.41, 5.74) is 12.6. The molecule has 1 aliphatic rings. The number of benzene rings is 1. The standard InChI is InChI=1S/C13H20ClN5OS/c14-11-5-2-1-4-10(11)8-21-9-13(20)15-7-3-6-12-16-18-19-17-12/h1-2,4-5,12,16-19H,3,6-9H2,(H,15,20). The number of hydrazine groups is 3. The van der Waals surface area contributed by atoms with Gasteiger partial charge in [-0.25, -0.2) is 10.9 Å². The van der Waals surface area contributed by atoms with Crippen LogP contribution in [0.3, 0.4) is 0 Å². The fourth-order valence-electron chi connectivity index (χ4n) is 1.88. The highest BCUT2D eigenvalue weighted by Crippen LogP contribution is 2.20. The molecule has 0 bridgehead atoms. The van der Waals surface area contributed by atoms with Crippen molar-refractivity contribution in [1.29, 1.82) is 0 Å². The maximum Gasteiger partial charge on any atom is 0.230 e. The van der Waals surface area contributed by atoms with Crippen LogP contribution in [-0.2, 0) is 10.5 Å². The molecule has 5 N–H and O–H groups in total. The third kappa shape index (κ3) is 6.21. The van der Waals surface area contributed by atoms with Crippen molar-refractivity contribution < 1.29 is 4.79 Å². The molecule has 0 unspecified atom stereocenters. The topological polar surface area (TPSA) is 77.2 Å². The van der Waals surface area contributed by atoms with Gasteiger partial charge in [-0.2, -0.15) is 11.1 Å². The van der Waals surface area contributed by atoms with Crippen LogP contribution < -0.4 is 27.2 Å². The number of hydrogen-bond acceptors (Lipinski definition) is 6. The molecule has 6 nitrogen and oxygen atoms in total. The van der Waals surface area contributed by atoms with Crippen molar-refractivity contribution in [3.8, 4) is 0 Å². The maximum absolute atomic E-state index is 11.7. The van der Waals surface area contributed by atoms with Gasteiger partial charge in [-0.05, 0) is 24.5 Å². The van der Waals surface area contributed by atoms with Crippen LogP contribution in [0.15, 0.2) is 24.3 Å². The number of carbonyl (C=O) groups is 1. The zero-order chi connectivity index (χ0) is 14.9. The van der Waals surface area contributed by atoms with Crippen LogP contribution in [0.2, 0.25) is 5.02 Å². The summed E-state index contributed by atoms with van der Waals surface area (Å²) in [7, 11) is 0. The van der Waals surface area contributed by atoms with E-state index >= 15 is 0 Å². The highest BCUT2D eigenvalue weighted by molar-refractivity contribution is 7.99. The highest BCUT2D eigenvalue weighted by Gasteiger charge is 2.11. The number of hydrogen-bond donors (Lipinski definition) is 5. The van der Waals surface area contributed by atoms with Gasteiger partial charge in [0.1, 0.15) is 0 Å².